The predicted octanol–water partition coefficient (Wildman–Crippen LogP) is 2.50. The first-order chi connectivity index (χ1) is 7.51. The lowest BCUT2D eigenvalue weighted by Gasteiger charge is -2.16. The third kappa shape index (κ3) is 1.90. The highest BCUT2D eigenvalue weighted by molar-refractivity contribution is 6.49. The predicted molar refractivity (Wildman–Crippen MR) is 62.6 cm³/mol. The Hall–Kier alpha value is -1.13. The van der Waals surface area contributed by atoms with E-state index in [2.05, 4.69) is 20.6 Å². The fourth-order valence-electron chi connectivity index (χ4n) is 1.36. The quantitative estimate of drug-likeness (QED) is 0.841. The molecule has 1 aromatic heterocycles. The Kier molecular flexibility index (Phi) is 2.86. The largest absolute Gasteiger partial charge is 0.215 e. The van der Waals surface area contributed by atoms with Crippen molar-refractivity contribution in [2.24, 2.45) is 0 Å². The molecule has 1 N–H and O–H groups in total. The van der Waals surface area contributed by atoms with E-state index in [4.69, 9.17) is 23.2 Å². The SMILES string of the molecule is Cc1ccc(C(Cl)(Cl)c2nn[nH]n2)cc1C. The molecule has 0 saturated heterocycles. The number of nitrogens with one attached hydrogen (secondary N) is 1. The lowest BCUT2D eigenvalue weighted by atomic mass is 10.0. The van der Waals surface area contributed by atoms with Gasteiger partial charge in [0.1, 0.15) is 0 Å². The molecule has 0 aliphatic rings. The van der Waals surface area contributed by atoms with Crippen LogP contribution in [-0.4, -0.2) is 20.6 Å². The number of aromatic nitrogens is 4. The maximum absolute atomic E-state index is 6.23. The molecule has 4 nitrogen and oxygen atoms in total. The molecule has 0 radical (unpaired) electrons. The first-order valence-electron chi connectivity index (χ1n) is 4.71. The molecule has 1 heterocycles. The molecule has 6 heteroatoms. The third-order valence-electron chi connectivity index (χ3n) is 2.50. The third-order valence-corrected chi connectivity index (χ3v) is 3.27. The van der Waals surface area contributed by atoms with Gasteiger partial charge in [0, 0.05) is 0 Å². The van der Waals surface area contributed by atoms with Gasteiger partial charge < -0.3 is 0 Å². The van der Waals surface area contributed by atoms with Gasteiger partial charge in [0.2, 0.25) is 10.2 Å². The second kappa shape index (κ2) is 4.03. The fourth-order valence-corrected chi connectivity index (χ4v) is 1.76. The summed E-state index contributed by atoms with van der Waals surface area (Å²) in [5.41, 5.74) is 3.04. The van der Waals surface area contributed by atoms with E-state index in [-0.39, 0.29) is 5.82 Å². The zero-order valence-electron chi connectivity index (χ0n) is 8.83. The summed E-state index contributed by atoms with van der Waals surface area (Å²) < 4.78 is -1.27. The van der Waals surface area contributed by atoms with Gasteiger partial charge in [-0.2, -0.15) is 5.21 Å². The Morgan fingerprint density at radius 2 is 1.94 bits per heavy atom. The molecule has 0 saturated carbocycles. The molecular weight excluding hydrogens is 247 g/mol. The van der Waals surface area contributed by atoms with Gasteiger partial charge in [-0.15, -0.1) is 10.2 Å². The van der Waals surface area contributed by atoms with Gasteiger partial charge in [0.25, 0.3) is 0 Å². The Balaban J connectivity index is 2.47. The molecule has 0 amide bonds. The number of rotatable bonds is 2. The van der Waals surface area contributed by atoms with Crippen LogP contribution < -0.4 is 0 Å². The van der Waals surface area contributed by atoms with Crippen molar-refractivity contribution in [1.82, 2.24) is 20.6 Å². The van der Waals surface area contributed by atoms with Crippen LogP contribution in [0.2, 0.25) is 0 Å². The van der Waals surface area contributed by atoms with Crippen molar-refractivity contribution in [3.8, 4) is 0 Å². The van der Waals surface area contributed by atoms with Gasteiger partial charge in [-0.3, -0.25) is 0 Å². The van der Waals surface area contributed by atoms with E-state index in [1.165, 1.54) is 5.56 Å². The molecule has 0 aliphatic heterocycles. The van der Waals surface area contributed by atoms with E-state index in [1.54, 1.807) is 0 Å². The summed E-state index contributed by atoms with van der Waals surface area (Å²) in [5.74, 6) is 0.249. The number of alkyl halides is 2. The second-order valence-electron chi connectivity index (χ2n) is 3.61. The minimum absolute atomic E-state index is 0.249. The number of hydrogen-bond acceptors (Lipinski definition) is 3. The fraction of sp³-hybridized carbons (Fsp3) is 0.300. The molecule has 0 bridgehead atoms. The average molecular weight is 257 g/mol. The van der Waals surface area contributed by atoms with Crippen LogP contribution in [0.25, 0.3) is 0 Å². The normalized spacial score (nSPS) is 11.8. The molecule has 1 aromatic carbocycles. The number of H-pyrrole nitrogens is 1. The van der Waals surface area contributed by atoms with E-state index < -0.39 is 4.33 Å². The minimum Gasteiger partial charge on any atom is -0.177 e. The Bertz CT molecular complexity index is 494. The van der Waals surface area contributed by atoms with Crippen LogP contribution in [0.4, 0.5) is 0 Å². The maximum Gasteiger partial charge on any atom is 0.215 e. The van der Waals surface area contributed by atoms with Crippen LogP contribution in [0.5, 0.6) is 0 Å². The Labute approximate surface area is 103 Å². The summed E-state index contributed by atoms with van der Waals surface area (Å²) >= 11 is 12.5. The van der Waals surface area contributed by atoms with Crippen LogP contribution in [0, 0.1) is 13.8 Å². The topological polar surface area (TPSA) is 54.5 Å². The molecule has 2 rings (SSSR count). The van der Waals surface area contributed by atoms with Gasteiger partial charge in [0.15, 0.2) is 0 Å². The molecule has 0 atom stereocenters. The lowest BCUT2D eigenvalue weighted by molar-refractivity contribution is 0.881. The van der Waals surface area contributed by atoms with Crippen LogP contribution in [0.15, 0.2) is 18.2 Å². The first kappa shape index (κ1) is 11.4. The van der Waals surface area contributed by atoms with Gasteiger partial charge in [0.05, 0.1) is 0 Å². The van der Waals surface area contributed by atoms with Crippen molar-refractivity contribution >= 4 is 23.2 Å². The standard InChI is InChI=1S/C10H10Cl2N4/c1-6-3-4-8(5-7(6)2)10(11,12)9-13-15-16-14-9/h3-5H,1-2H3,(H,13,14,15,16). The highest BCUT2D eigenvalue weighted by Crippen LogP contribution is 2.38. The molecule has 0 unspecified atom stereocenters. The van der Waals surface area contributed by atoms with E-state index in [0.29, 0.717) is 0 Å². The molecule has 16 heavy (non-hydrogen) atoms. The second-order valence-corrected chi connectivity index (χ2v) is 4.94. The van der Waals surface area contributed by atoms with Crippen LogP contribution in [-0.2, 0) is 4.33 Å². The van der Waals surface area contributed by atoms with Crippen molar-refractivity contribution in [3.05, 3.63) is 40.7 Å². The van der Waals surface area contributed by atoms with E-state index in [1.807, 2.05) is 32.0 Å². The average Bonchev–Trinajstić information content (AvgIpc) is 2.75. The number of tetrazole rings is 1. The summed E-state index contributed by atoms with van der Waals surface area (Å²) in [6, 6.07) is 5.74. The summed E-state index contributed by atoms with van der Waals surface area (Å²) in [4.78, 5) is 0. The Morgan fingerprint density at radius 3 is 2.50 bits per heavy atom. The zero-order chi connectivity index (χ0) is 11.8. The number of benzene rings is 1. The molecule has 0 aliphatic carbocycles. The molecule has 84 valence electrons. The summed E-state index contributed by atoms with van der Waals surface area (Å²) in [5, 5.41) is 13.4. The lowest BCUT2D eigenvalue weighted by Crippen LogP contribution is -2.15. The number of aromatic amines is 1. The van der Waals surface area contributed by atoms with Crippen molar-refractivity contribution < 1.29 is 0 Å². The van der Waals surface area contributed by atoms with E-state index in [0.717, 1.165) is 11.1 Å². The van der Waals surface area contributed by atoms with Gasteiger partial charge in [-0.05, 0) is 30.5 Å². The number of aryl methyl sites for hydroxylation is 2. The summed E-state index contributed by atoms with van der Waals surface area (Å²) in [6.07, 6.45) is 0. The van der Waals surface area contributed by atoms with Crippen molar-refractivity contribution in [3.63, 3.8) is 0 Å². The number of nitrogens with zero attached hydrogens (tertiary/aromatic N) is 3. The van der Waals surface area contributed by atoms with Gasteiger partial charge in [-0.25, -0.2) is 0 Å². The number of halogens is 2. The molecule has 0 fully saturated rings. The molecular formula is C10H10Cl2N4. The summed E-state index contributed by atoms with van der Waals surface area (Å²) in [6.45, 7) is 4.02. The van der Waals surface area contributed by atoms with Crippen LogP contribution >= 0.6 is 23.2 Å². The van der Waals surface area contributed by atoms with E-state index >= 15 is 0 Å². The zero-order valence-corrected chi connectivity index (χ0v) is 10.3. The molecule has 0 spiro atoms. The van der Waals surface area contributed by atoms with Crippen molar-refractivity contribution in [1.29, 1.82) is 0 Å². The highest BCUT2D eigenvalue weighted by atomic mass is 35.5. The van der Waals surface area contributed by atoms with Gasteiger partial charge >= 0.3 is 0 Å². The maximum atomic E-state index is 6.23. The van der Waals surface area contributed by atoms with Crippen LogP contribution in [0.1, 0.15) is 22.5 Å². The van der Waals surface area contributed by atoms with Crippen LogP contribution in [0.3, 0.4) is 0 Å². The summed E-state index contributed by atoms with van der Waals surface area (Å²) in [7, 11) is 0. The Morgan fingerprint density at radius 1 is 1.19 bits per heavy atom. The number of hydrogen-bond donors (Lipinski definition) is 1. The van der Waals surface area contributed by atoms with Crippen molar-refractivity contribution in [2.75, 3.05) is 0 Å². The smallest absolute Gasteiger partial charge is 0.177 e. The van der Waals surface area contributed by atoms with E-state index in [9.17, 15) is 0 Å². The first-order valence-corrected chi connectivity index (χ1v) is 5.47. The molecule has 2 aromatic rings. The van der Waals surface area contributed by atoms with Crippen molar-refractivity contribution in [2.45, 2.75) is 18.2 Å². The highest BCUT2D eigenvalue weighted by Gasteiger charge is 2.33. The minimum atomic E-state index is -1.27. The monoisotopic (exact) mass is 256 g/mol. The van der Waals surface area contributed by atoms with Gasteiger partial charge in [-0.1, -0.05) is 46.6 Å².